The summed E-state index contributed by atoms with van der Waals surface area (Å²) < 4.78 is 12.0. The topological polar surface area (TPSA) is 47.8 Å². The maximum Gasteiger partial charge on any atom is 0.254 e. The number of hydroxylamine groups is 1. The number of benzene rings is 1. The number of rotatable bonds is 6. The summed E-state index contributed by atoms with van der Waals surface area (Å²) in [6.45, 7) is 6.97. The first-order valence-electron chi connectivity index (χ1n) is 7.86. The van der Waals surface area contributed by atoms with Crippen molar-refractivity contribution < 1.29 is 14.2 Å². The lowest BCUT2D eigenvalue weighted by atomic mass is 10.1. The maximum atomic E-state index is 12.9. The highest BCUT2D eigenvalue weighted by Crippen LogP contribution is 2.41. The Hall–Kier alpha value is -1.47. The smallest absolute Gasteiger partial charge is 0.254 e. The number of thiocarbonyl (C=S) groups is 1. The molecule has 24 heavy (non-hydrogen) atoms. The Labute approximate surface area is 153 Å². The Morgan fingerprint density at radius 2 is 2.00 bits per heavy atom. The van der Waals surface area contributed by atoms with Crippen molar-refractivity contribution in [1.82, 2.24) is 4.90 Å². The molecule has 132 valence electrons. The number of hydrogen-bond acceptors (Lipinski definition) is 5. The molecular weight excluding hydrogens is 344 g/mol. The predicted molar refractivity (Wildman–Crippen MR) is 103 cm³/mol. The molecule has 1 aromatic carbocycles. The van der Waals surface area contributed by atoms with E-state index in [1.54, 1.807) is 44.3 Å². The summed E-state index contributed by atoms with van der Waals surface area (Å²) in [6.07, 6.45) is 2.20. The van der Waals surface area contributed by atoms with Gasteiger partial charge in [-0.1, -0.05) is 30.9 Å². The standard InChI is InChI=1S/C17H24N2O3S2/c1-6-9-18-15(17(2,3)24-16(18)23)19(20)11-12-7-8-13(21-4)14(10-12)22-5/h7-8,10-11,15H,6,9H2,1-5H3/b19-11-. The van der Waals surface area contributed by atoms with E-state index in [2.05, 4.69) is 20.8 Å². The van der Waals surface area contributed by atoms with E-state index in [0.29, 0.717) is 11.5 Å². The highest BCUT2D eigenvalue weighted by Gasteiger charge is 2.49. The zero-order valence-corrected chi connectivity index (χ0v) is 16.4. The average Bonchev–Trinajstić information content (AvgIpc) is 2.76. The second kappa shape index (κ2) is 7.61. The zero-order valence-electron chi connectivity index (χ0n) is 14.7. The Balaban J connectivity index is 2.36. The molecule has 0 spiro atoms. The van der Waals surface area contributed by atoms with Gasteiger partial charge >= 0.3 is 0 Å². The van der Waals surface area contributed by atoms with Gasteiger partial charge in [0.2, 0.25) is 0 Å². The summed E-state index contributed by atoms with van der Waals surface area (Å²) in [5.74, 6) is 1.23. The molecule has 0 amide bonds. The lowest BCUT2D eigenvalue weighted by Crippen LogP contribution is -2.48. The number of hydrogen-bond donors (Lipinski definition) is 0. The van der Waals surface area contributed by atoms with Crippen molar-refractivity contribution in [3.63, 3.8) is 0 Å². The van der Waals surface area contributed by atoms with Crippen LogP contribution in [0.2, 0.25) is 0 Å². The summed E-state index contributed by atoms with van der Waals surface area (Å²) >= 11 is 7.04. The van der Waals surface area contributed by atoms with Crippen LogP contribution >= 0.6 is 24.0 Å². The molecule has 0 radical (unpaired) electrons. The van der Waals surface area contributed by atoms with Gasteiger partial charge in [-0.2, -0.15) is 4.74 Å². The fraction of sp³-hybridized carbons (Fsp3) is 0.529. The first-order valence-corrected chi connectivity index (χ1v) is 9.08. The van der Waals surface area contributed by atoms with Crippen molar-refractivity contribution >= 4 is 34.5 Å². The van der Waals surface area contributed by atoms with E-state index < -0.39 is 0 Å². The molecule has 0 aromatic heterocycles. The molecule has 1 aliphatic rings. The van der Waals surface area contributed by atoms with E-state index in [1.165, 1.54) is 0 Å². The van der Waals surface area contributed by atoms with E-state index in [1.807, 2.05) is 11.0 Å². The zero-order chi connectivity index (χ0) is 17.9. The minimum absolute atomic E-state index is 0.277. The van der Waals surface area contributed by atoms with Crippen molar-refractivity contribution in [3.8, 4) is 11.5 Å². The lowest BCUT2D eigenvalue weighted by molar-refractivity contribution is -0.523. The lowest BCUT2D eigenvalue weighted by Gasteiger charge is -2.29. The Kier molecular flexibility index (Phi) is 5.98. The summed E-state index contributed by atoms with van der Waals surface area (Å²) in [4.78, 5) is 2.02. The van der Waals surface area contributed by atoms with E-state index in [4.69, 9.17) is 21.7 Å². The van der Waals surface area contributed by atoms with Gasteiger partial charge in [0.15, 0.2) is 17.7 Å². The van der Waals surface area contributed by atoms with Crippen LogP contribution in [0.4, 0.5) is 0 Å². The third-order valence-corrected chi connectivity index (χ3v) is 5.52. The molecule has 1 aromatic rings. The van der Waals surface area contributed by atoms with E-state index in [0.717, 1.165) is 27.6 Å². The van der Waals surface area contributed by atoms with Crippen LogP contribution in [0, 0.1) is 5.21 Å². The minimum Gasteiger partial charge on any atom is -0.622 e. The van der Waals surface area contributed by atoms with Crippen molar-refractivity contribution in [2.75, 3.05) is 20.8 Å². The van der Waals surface area contributed by atoms with Crippen LogP contribution in [0.5, 0.6) is 11.5 Å². The van der Waals surface area contributed by atoms with Crippen LogP contribution in [-0.4, -0.2) is 51.9 Å². The van der Waals surface area contributed by atoms with E-state index >= 15 is 0 Å². The van der Waals surface area contributed by atoms with Crippen molar-refractivity contribution in [2.24, 2.45) is 0 Å². The first kappa shape index (κ1) is 18.9. The second-order valence-corrected chi connectivity index (χ2v) is 8.43. The van der Waals surface area contributed by atoms with Gasteiger partial charge in [-0.25, -0.2) is 0 Å². The van der Waals surface area contributed by atoms with Crippen LogP contribution in [0.1, 0.15) is 32.8 Å². The van der Waals surface area contributed by atoms with Gasteiger partial charge < -0.3 is 14.7 Å². The molecule has 0 aliphatic carbocycles. The molecule has 5 nitrogen and oxygen atoms in total. The number of methoxy groups -OCH3 is 2. The number of ether oxygens (including phenoxy) is 2. The van der Waals surface area contributed by atoms with Gasteiger partial charge in [0.05, 0.1) is 14.2 Å². The first-order chi connectivity index (χ1) is 11.3. The normalized spacial score (nSPS) is 20.4. The maximum absolute atomic E-state index is 12.9. The van der Waals surface area contributed by atoms with E-state index in [-0.39, 0.29) is 10.9 Å². The fourth-order valence-electron chi connectivity index (χ4n) is 2.86. The predicted octanol–water partition coefficient (Wildman–Crippen LogP) is 3.48. The van der Waals surface area contributed by atoms with E-state index in [9.17, 15) is 5.21 Å². The average molecular weight is 369 g/mol. The van der Waals surface area contributed by atoms with Crippen LogP contribution in [-0.2, 0) is 0 Å². The molecule has 1 heterocycles. The van der Waals surface area contributed by atoms with Crippen LogP contribution in [0.3, 0.4) is 0 Å². The molecule has 1 fully saturated rings. The van der Waals surface area contributed by atoms with Gasteiger partial charge in [0.25, 0.3) is 6.17 Å². The Bertz CT molecular complexity index is 647. The molecule has 0 saturated carbocycles. The number of thioether (sulfide) groups is 1. The third-order valence-electron chi connectivity index (χ3n) is 3.89. The summed E-state index contributed by atoms with van der Waals surface area (Å²) in [5.41, 5.74) is 0.762. The van der Waals surface area contributed by atoms with Gasteiger partial charge in [-0.15, -0.1) is 0 Å². The SMILES string of the molecule is CCCN1C(=S)SC(C)(C)C1/[N+]([O-])=C/c1ccc(OC)c(OC)c1. The monoisotopic (exact) mass is 368 g/mol. The summed E-state index contributed by atoms with van der Waals surface area (Å²) in [5, 5.41) is 12.9. The van der Waals surface area contributed by atoms with Gasteiger partial charge in [0, 0.05) is 12.1 Å². The van der Waals surface area contributed by atoms with Gasteiger partial charge in [0.1, 0.15) is 9.07 Å². The molecule has 1 aliphatic heterocycles. The Morgan fingerprint density at radius 3 is 2.58 bits per heavy atom. The van der Waals surface area contributed by atoms with Crippen LogP contribution < -0.4 is 9.47 Å². The molecule has 1 atom stereocenters. The van der Waals surface area contributed by atoms with Crippen molar-refractivity contribution in [1.29, 1.82) is 0 Å². The quantitative estimate of drug-likeness (QED) is 0.252. The molecule has 1 saturated heterocycles. The molecule has 7 heteroatoms. The highest BCUT2D eigenvalue weighted by molar-refractivity contribution is 8.24. The van der Waals surface area contributed by atoms with Gasteiger partial charge in [-0.05, 0) is 38.5 Å². The summed E-state index contributed by atoms with van der Waals surface area (Å²) in [7, 11) is 3.16. The minimum atomic E-state index is -0.331. The van der Waals surface area contributed by atoms with Gasteiger partial charge in [-0.3, -0.25) is 4.90 Å². The van der Waals surface area contributed by atoms with Crippen LogP contribution in [0.15, 0.2) is 18.2 Å². The van der Waals surface area contributed by atoms with Crippen molar-refractivity contribution in [2.45, 2.75) is 38.1 Å². The largest absolute Gasteiger partial charge is 0.622 e. The number of nitrogens with zero attached hydrogens (tertiary/aromatic N) is 2. The summed E-state index contributed by atoms with van der Waals surface area (Å²) in [6, 6.07) is 5.42. The third kappa shape index (κ3) is 3.78. The highest BCUT2D eigenvalue weighted by atomic mass is 32.2. The van der Waals surface area contributed by atoms with Crippen molar-refractivity contribution in [3.05, 3.63) is 29.0 Å². The fourth-order valence-corrected chi connectivity index (χ4v) is 4.79. The molecular formula is C17H24N2O3S2. The molecule has 0 N–H and O–H groups in total. The molecule has 2 rings (SSSR count). The molecule has 1 unspecified atom stereocenters. The molecule has 0 bridgehead atoms. The van der Waals surface area contributed by atoms with Crippen LogP contribution in [0.25, 0.3) is 0 Å². The second-order valence-electron chi connectivity index (χ2n) is 6.14. The Morgan fingerprint density at radius 1 is 1.33 bits per heavy atom.